The van der Waals surface area contributed by atoms with Crippen LogP contribution >= 0.6 is 0 Å². The van der Waals surface area contributed by atoms with Crippen LogP contribution in [0.4, 0.5) is 0 Å². The van der Waals surface area contributed by atoms with Gasteiger partial charge in [0.2, 0.25) is 5.91 Å². The van der Waals surface area contributed by atoms with Crippen molar-refractivity contribution >= 4 is 5.91 Å². The Hall–Kier alpha value is -0.610. The van der Waals surface area contributed by atoms with E-state index in [0.29, 0.717) is 18.1 Å². The van der Waals surface area contributed by atoms with E-state index >= 15 is 0 Å². The fourth-order valence-electron chi connectivity index (χ4n) is 2.50. The van der Waals surface area contributed by atoms with Crippen LogP contribution in [0.3, 0.4) is 0 Å². The predicted molar refractivity (Wildman–Crippen MR) is 62.3 cm³/mol. The Morgan fingerprint density at radius 1 is 1.56 bits per heavy atom. The van der Waals surface area contributed by atoms with E-state index in [1.54, 1.807) is 0 Å². The third kappa shape index (κ3) is 2.95. The number of carbonyl (C=O) groups is 1. The fourth-order valence-corrected chi connectivity index (χ4v) is 2.50. The average Bonchev–Trinajstić information content (AvgIpc) is 2.84. The Bertz CT molecular complexity index is 245. The summed E-state index contributed by atoms with van der Waals surface area (Å²) >= 11 is 0. The van der Waals surface area contributed by atoms with E-state index in [0.717, 1.165) is 51.9 Å². The van der Waals surface area contributed by atoms with Crippen LogP contribution in [0.2, 0.25) is 0 Å². The van der Waals surface area contributed by atoms with Crippen molar-refractivity contribution in [1.29, 1.82) is 0 Å². The van der Waals surface area contributed by atoms with Crippen molar-refractivity contribution in [2.24, 2.45) is 0 Å². The first kappa shape index (κ1) is 11.9. The molecule has 0 aromatic rings. The molecule has 0 saturated carbocycles. The fraction of sp³-hybridized carbons (Fsp3) is 0.917. The minimum Gasteiger partial charge on any atom is -0.377 e. The zero-order valence-corrected chi connectivity index (χ0v) is 10.1. The molecule has 0 aromatic carbocycles. The van der Waals surface area contributed by atoms with Crippen LogP contribution < -0.4 is 5.32 Å². The molecule has 2 atom stereocenters. The van der Waals surface area contributed by atoms with E-state index in [4.69, 9.17) is 4.74 Å². The number of carbonyl (C=O) groups excluding carboxylic acids is 1. The summed E-state index contributed by atoms with van der Waals surface area (Å²) in [4.78, 5) is 13.3. The molecule has 0 aliphatic carbocycles. The molecule has 1 amide bonds. The molecular weight excluding hydrogens is 204 g/mol. The second kappa shape index (κ2) is 5.64. The number of rotatable bonds is 5. The van der Waals surface area contributed by atoms with Crippen LogP contribution in [-0.2, 0) is 9.53 Å². The van der Waals surface area contributed by atoms with E-state index in [-0.39, 0.29) is 0 Å². The molecule has 0 bridgehead atoms. The second-order valence-corrected chi connectivity index (χ2v) is 4.76. The summed E-state index contributed by atoms with van der Waals surface area (Å²) in [6, 6.07) is 0.509. The zero-order chi connectivity index (χ0) is 11.4. The standard InChI is InChI=1S/C12H22N2O2/c1-10-11(5-9-16-10)13-6-3-8-14-7-2-4-12(14)15/h10-11,13H,2-9H2,1H3. The third-order valence-electron chi connectivity index (χ3n) is 3.56. The Balaban J connectivity index is 1.56. The summed E-state index contributed by atoms with van der Waals surface area (Å²) in [6.07, 6.45) is 4.30. The largest absolute Gasteiger partial charge is 0.377 e. The molecule has 0 aromatic heterocycles. The van der Waals surface area contributed by atoms with Gasteiger partial charge in [0.1, 0.15) is 0 Å². The van der Waals surface area contributed by atoms with E-state index in [2.05, 4.69) is 12.2 Å². The molecule has 2 heterocycles. The summed E-state index contributed by atoms with van der Waals surface area (Å²) in [7, 11) is 0. The quantitative estimate of drug-likeness (QED) is 0.704. The summed E-state index contributed by atoms with van der Waals surface area (Å²) in [5.74, 6) is 0.331. The predicted octanol–water partition coefficient (Wildman–Crippen LogP) is 0.766. The number of ether oxygens (including phenoxy) is 1. The SMILES string of the molecule is CC1OCCC1NCCCN1CCCC1=O. The molecule has 0 radical (unpaired) electrons. The van der Waals surface area contributed by atoms with Gasteiger partial charge in [-0.15, -0.1) is 0 Å². The number of nitrogens with one attached hydrogen (secondary N) is 1. The first-order valence-corrected chi connectivity index (χ1v) is 6.40. The molecule has 2 rings (SSSR count). The molecule has 2 aliphatic rings. The molecule has 92 valence electrons. The normalized spacial score (nSPS) is 30.3. The monoisotopic (exact) mass is 226 g/mol. The minimum absolute atomic E-state index is 0.331. The lowest BCUT2D eigenvalue weighted by atomic mass is 10.1. The zero-order valence-electron chi connectivity index (χ0n) is 10.1. The van der Waals surface area contributed by atoms with Gasteiger partial charge in [-0.3, -0.25) is 4.79 Å². The third-order valence-corrected chi connectivity index (χ3v) is 3.56. The summed E-state index contributed by atoms with van der Waals surface area (Å²) in [5, 5.41) is 3.51. The van der Waals surface area contributed by atoms with Gasteiger partial charge in [0, 0.05) is 32.2 Å². The molecule has 4 heteroatoms. The molecular formula is C12H22N2O2. The van der Waals surface area contributed by atoms with Gasteiger partial charge in [0.15, 0.2) is 0 Å². The lowest BCUT2D eigenvalue weighted by Gasteiger charge is -2.18. The van der Waals surface area contributed by atoms with Crippen LogP contribution in [0, 0.1) is 0 Å². The minimum atomic E-state index is 0.331. The maximum absolute atomic E-state index is 11.4. The van der Waals surface area contributed by atoms with Crippen molar-refractivity contribution in [2.75, 3.05) is 26.2 Å². The van der Waals surface area contributed by atoms with Gasteiger partial charge in [-0.25, -0.2) is 0 Å². The smallest absolute Gasteiger partial charge is 0.222 e. The van der Waals surface area contributed by atoms with Crippen molar-refractivity contribution in [3.63, 3.8) is 0 Å². The number of amides is 1. The summed E-state index contributed by atoms with van der Waals surface area (Å²) in [5.41, 5.74) is 0. The Morgan fingerprint density at radius 3 is 3.06 bits per heavy atom. The molecule has 2 unspecified atom stereocenters. The van der Waals surface area contributed by atoms with E-state index in [1.807, 2.05) is 4.90 Å². The maximum Gasteiger partial charge on any atom is 0.222 e. The first-order valence-electron chi connectivity index (χ1n) is 6.40. The van der Waals surface area contributed by atoms with Crippen molar-refractivity contribution in [2.45, 2.75) is 44.8 Å². The molecule has 2 fully saturated rings. The van der Waals surface area contributed by atoms with Crippen molar-refractivity contribution in [1.82, 2.24) is 10.2 Å². The van der Waals surface area contributed by atoms with Crippen LogP contribution in [0.15, 0.2) is 0 Å². The highest BCUT2D eigenvalue weighted by molar-refractivity contribution is 5.77. The van der Waals surface area contributed by atoms with Crippen LogP contribution in [0.25, 0.3) is 0 Å². The van der Waals surface area contributed by atoms with E-state index in [9.17, 15) is 4.79 Å². The number of likely N-dealkylation sites (tertiary alicyclic amines) is 1. The topological polar surface area (TPSA) is 41.6 Å². The van der Waals surface area contributed by atoms with Gasteiger partial charge >= 0.3 is 0 Å². The van der Waals surface area contributed by atoms with Gasteiger partial charge < -0.3 is 15.0 Å². The van der Waals surface area contributed by atoms with Crippen molar-refractivity contribution < 1.29 is 9.53 Å². The molecule has 16 heavy (non-hydrogen) atoms. The lowest BCUT2D eigenvalue weighted by molar-refractivity contribution is -0.127. The van der Waals surface area contributed by atoms with Gasteiger partial charge in [0.05, 0.1) is 6.10 Å². The number of nitrogens with zero attached hydrogens (tertiary/aromatic N) is 1. The second-order valence-electron chi connectivity index (χ2n) is 4.76. The van der Waals surface area contributed by atoms with Gasteiger partial charge in [-0.05, 0) is 32.7 Å². The average molecular weight is 226 g/mol. The van der Waals surface area contributed by atoms with E-state index in [1.165, 1.54) is 0 Å². The molecule has 2 saturated heterocycles. The number of hydrogen-bond donors (Lipinski definition) is 1. The van der Waals surface area contributed by atoms with E-state index < -0.39 is 0 Å². The van der Waals surface area contributed by atoms with Crippen LogP contribution in [0.5, 0.6) is 0 Å². The summed E-state index contributed by atoms with van der Waals surface area (Å²) in [6.45, 7) is 5.86. The molecule has 2 aliphatic heterocycles. The Morgan fingerprint density at radius 2 is 2.44 bits per heavy atom. The van der Waals surface area contributed by atoms with Gasteiger partial charge in [-0.1, -0.05) is 0 Å². The van der Waals surface area contributed by atoms with Crippen molar-refractivity contribution in [3.8, 4) is 0 Å². The lowest BCUT2D eigenvalue weighted by Crippen LogP contribution is -2.37. The maximum atomic E-state index is 11.4. The van der Waals surface area contributed by atoms with Crippen LogP contribution in [0.1, 0.15) is 32.6 Å². The summed E-state index contributed by atoms with van der Waals surface area (Å²) < 4.78 is 5.49. The van der Waals surface area contributed by atoms with Gasteiger partial charge in [-0.2, -0.15) is 0 Å². The molecule has 0 spiro atoms. The highest BCUT2D eigenvalue weighted by atomic mass is 16.5. The number of hydrogen-bond acceptors (Lipinski definition) is 3. The molecule has 1 N–H and O–H groups in total. The highest BCUT2D eigenvalue weighted by Crippen LogP contribution is 2.13. The molecule has 4 nitrogen and oxygen atoms in total. The highest BCUT2D eigenvalue weighted by Gasteiger charge is 2.23. The Kier molecular flexibility index (Phi) is 4.18. The van der Waals surface area contributed by atoms with Crippen molar-refractivity contribution in [3.05, 3.63) is 0 Å². The van der Waals surface area contributed by atoms with Crippen LogP contribution in [-0.4, -0.2) is 49.2 Å². The Labute approximate surface area is 97.3 Å². The first-order chi connectivity index (χ1) is 7.77. The van der Waals surface area contributed by atoms with Gasteiger partial charge in [0.25, 0.3) is 0 Å².